The van der Waals surface area contributed by atoms with Crippen LogP contribution >= 0.6 is 0 Å². The highest BCUT2D eigenvalue weighted by molar-refractivity contribution is 7.92. The van der Waals surface area contributed by atoms with Crippen molar-refractivity contribution in [3.05, 3.63) is 29.3 Å². The summed E-state index contributed by atoms with van der Waals surface area (Å²) in [5, 5.41) is 2.87. The standard InChI is InChI=1S/C14H22N2O3S/c1-10-9-11(13(17)15-14(2,3)4)7-8-12(10)16(5)20(6,18)19/h7-9H,1-6H3,(H,15,17). The second-order valence-corrected chi connectivity index (χ2v) is 7.95. The summed E-state index contributed by atoms with van der Waals surface area (Å²) in [6.07, 6.45) is 1.15. The van der Waals surface area contributed by atoms with Crippen molar-refractivity contribution in [3.8, 4) is 0 Å². The Morgan fingerprint density at radius 1 is 1.25 bits per heavy atom. The van der Waals surface area contributed by atoms with Gasteiger partial charge in [0.25, 0.3) is 5.91 Å². The molecule has 20 heavy (non-hydrogen) atoms. The zero-order chi connectivity index (χ0) is 15.7. The third kappa shape index (κ3) is 4.23. The van der Waals surface area contributed by atoms with Crippen molar-refractivity contribution >= 4 is 21.6 Å². The molecule has 0 heterocycles. The molecule has 0 saturated heterocycles. The average molecular weight is 298 g/mol. The van der Waals surface area contributed by atoms with Gasteiger partial charge in [-0.2, -0.15) is 0 Å². The van der Waals surface area contributed by atoms with Gasteiger partial charge >= 0.3 is 0 Å². The molecule has 1 amide bonds. The third-order valence-corrected chi connectivity index (χ3v) is 3.98. The van der Waals surface area contributed by atoms with Crippen LogP contribution in [0.1, 0.15) is 36.7 Å². The molecule has 0 aliphatic carbocycles. The van der Waals surface area contributed by atoms with Crippen LogP contribution in [0.15, 0.2) is 18.2 Å². The molecule has 6 heteroatoms. The van der Waals surface area contributed by atoms with Gasteiger partial charge in [0.05, 0.1) is 11.9 Å². The quantitative estimate of drug-likeness (QED) is 0.927. The predicted octanol–water partition coefficient (Wildman–Crippen LogP) is 1.92. The molecule has 0 aliphatic rings. The van der Waals surface area contributed by atoms with Crippen LogP contribution in [0.4, 0.5) is 5.69 Å². The number of nitrogens with one attached hydrogen (secondary N) is 1. The normalized spacial score (nSPS) is 12.1. The van der Waals surface area contributed by atoms with Crippen LogP contribution in [-0.4, -0.2) is 33.2 Å². The van der Waals surface area contributed by atoms with E-state index in [1.165, 1.54) is 11.4 Å². The molecule has 0 atom stereocenters. The number of hydrogen-bond donors (Lipinski definition) is 1. The molecule has 0 unspecified atom stereocenters. The molecule has 0 aliphatic heterocycles. The summed E-state index contributed by atoms with van der Waals surface area (Å²) in [5.41, 5.74) is 1.51. The van der Waals surface area contributed by atoms with Crippen LogP contribution < -0.4 is 9.62 Å². The van der Waals surface area contributed by atoms with Gasteiger partial charge in [0.15, 0.2) is 0 Å². The van der Waals surface area contributed by atoms with Crippen molar-refractivity contribution in [2.24, 2.45) is 0 Å². The van der Waals surface area contributed by atoms with Crippen LogP contribution in [0.2, 0.25) is 0 Å². The van der Waals surface area contributed by atoms with Crippen molar-refractivity contribution in [3.63, 3.8) is 0 Å². The number of hydrogen-bond acceptors (Lipinski definition) is 3. The van der Waals surface area contributed by atoms with Crippen LogP contribution in [0, 0.1) is 6.92 Å². The molecule has 0 spiro atoms. The van der Waals surface area contributed by atoms with E-state index in [0.29, 0.717) is 11.3 Å². The van der Waals surface area contributed by atoms with Crippen molar-refractivity contribution in [2.75, 3.05) is 17.6 Å². The number of aryl methyl sites for hydroxylation is 1. The number of sulfonamides is 1. The lowest BCUT2D eigenvalue weighted by molar-refractivity contribution is 0.0919. The average Bonchev–Trinajstić information content (AvgIpc) is 2.24. The second kappa shape index (κ2) is 5.44. The topological polar surface area (TPSA) is 66.5 Å². The first-order valence-corrected chi connectivity index (χ1v) is 8.14. The first kappa shape index (κ1) is 16.5. The fraction of sp³-hybridized carbons (Fsp3) is 0.500. The van der Waals surface area contributed by atoms with E-state index in [1.54, 1.807) is 25.1 Å². The van der Waals surface area contributed by atoms with Gasteiger partial charge in [0.2, 0.25) is 10.0 Å². The molecule has 1 aromatic carbocycles. The van der Waals surface area contributed by atoms with Gasteiger partial charge in [-0.15, -0.1) is 0 Å². The van der Waals surface area contributed by atoms with Crippen molar-refractivity contribution in [2.45, 2.75) is 33.2 Å². The first-order valence-electron chi connectivity index (χ1n) is 6.29. The maximum Gasteiger partial charge on any atom is 0.251 e. The maximum absolute atomic E-state index is 12.0. The summed E-state index contributed by atoms with van der Waals surface area (Å²) in [7, 11) is -1.81. The smallest absolute Gasteiger partial charge is 0.251 e. The Hall–Kier alpha value is -1.56. The molecular formula is C14H22N2O3S. The molecule has 0 radical (unpaired) electrons. The lowest BCUT2D eigenvalue weighted by atomic mass is 10.1. The van der Waals surface area contributed by atoms with Gasteiger partial charge in [-0.1, -0.05) is 0 Å². The Balaban J connectivity index is 3.09. The number of benzene rings is 1. The van der Waals surface area contributed by atoms with Gasteiger partial charge in [0.1, 0.15) is 0 Å². The minimum atomic E-state index is -3.31. The molecule has 1 aromatic rings. The molecular weight excluding hydrogens is 276 g/mol. The maximum atomic E-state index is 12.0. The highest BCUT2D eigenvalue weighted by Gasteiger charge is 2.18. The highest BCUT2D eigenvalue weighted by Crippen LogP contribution is 2.22. The van der Waals surface area contributed by atoms with Gasteiger partial charge in [-0.25, -0.2) is 8.42 Å². The summed E-state index contributed by atoms with van der Waals surface area (Å²) in [4.78, 5) is 12.0. The zero-order valence-electron chi connectivity index (χ0n) is 12.8. The number of rotatable bonds is 3. The SMILES string of the molecule is Cc1cc(C(=O)NC(C)(C)C)ccc1N(C)S(C)(=O)=O. The fourth-order valence-electron chi connectivity index (χ4n) is 1.74. The van der Waals surface area contributed by atoms with Gasteiger partial charge in [0, 0.05) is 18.2 Å². The summed E-state index contributed by atoms with van der Waals surface area (Å²) in [5.74, 6) is -0.172. The zero-order valence-corrected chi connectivity index (χ0v) is 13.6. The van der Waals surface area contributed by atoms with E-state index in [0.717, 1.165) is 11.8 Å². The molecule has 0 fully saturated rings. The van der Waals surface area contributed by atoms with E-state index < -0.39 is 10.0 Å². The molecule has 1 rings (SSSR count). The highest BCUT2D eigenvalue weighted by atomic mass is 32.2. The minimum absolute atomic E-state index is 0.172. The summed E-state index contributed by atoms with van der Waals surface area (Å²) < 4.78 is 24.3. The summed E-state index contributed by atoms with van der Waals surface area (Å²) in [6.45, 7) is 7.50. The summed E-state index contributed by atoms with van der Waals surface area (Å²) in [6, 6.07) is 4.97. The van der Waals surface area contributed by atoms with Crippen LogP contribution in [-0.2, 0) is 10.0 Å². The van der Waals surface area contributed by atoms with Crippen molar-refractivity contribution < 1.29 is 13.2 Å². The Morgan fingerprint density at radius 3 is 2.20 bits per heavy atom. The third-order valence-electron chi connectivity index (χ3n) is 2.78. The Morgan fingerprint density at radius 2 is 1.80 bits per heavy atom. The van der Waals surface area contributed by atoms with E-state index in [-0.39, 0.29) is 11.4 Å². The number of nitrogens with zero attached hydrogens (tertiary/aromatic N) is 1. The minimum Gasteiger partial charge on any atom is -0.347 e. The molecule has 0 saturated carbocycles. The Labute approximate surface area is 121 Å². The second-order valence-electron chi connectivity index (χ2n) is 5.94. The first-order chi connectivity index (χ1) is 8.92. The number of carbonyl (C=O) groups excluding carboxylic acids is 1. The number of anilines is 1. The van der Waals surface area contributed by atoms with Crippen molar-refractivity contribution in [1.29, 1.82) is 0 Å². The molecule has 0 bridgehead atoms. The largest absolute Gasteiger partial charge is 0.347 e. The molecule has 1 N–H and O–H groups in total. The van der Waals surface area contributed by atoms with E-state index in [1.807, 2.05) is 20.8 Å². The number of amides is 1. The van der Waals surface area contributed by atoms with Gasteiger partial charge in [-0.05, 0) is 51.5 Å². The Bertz CT molecular complexity index is 616. The monoisotopic (exact) mass is 298 g/mol. The number of carbonyl (C=O) groups is 1. The predicted molar refractivity (Wildman–Crippen MR) is 81.6 cm³/mol. The molecule has 112 valence electrons. The van der Waals surface area contributed by atoms with E-state index in [4.69, 9.17) is 0 Å². The molecule has 0 aromatic heterocycles. The van der Waals surface area contributed by atoms with Crippen LogP contribution in [0.25, 0.3) is 0 Å². The fourth-order valence-corrected chi connectivity index (χ4v) is 2.30. The summed E-state index contributed by atoms with van der Waals surface area (Å²) >= 11 is 0. The lowest BCUT2D eigenvalue weighted by Gasteiger charge is -2.22. The Kier molecular flexibility index (Phi) is 4.49. The van der Waals surface area contributed by atoms with E-state index in [2.05, 4.69) is 5.32 Å². The van der Waals surface area contributed by atoms with E-state index in [9.17, 15) is 13.2 Å². The van der Waals surface area contributed by atoms with Crippen molar-refractivity contribution in [1.82, 2.24) is 5.32 Å². The lowest BCUT2D eigenvalue weighted by Crippen LogP contribution is -2.40. The van der Waals surface area contributed by atoms with Crippen LogP contribution in [0.5, 0.6) is 0 Å². The van der Waals surface area contributed by atoms with Gasteiger partial charge < -0.3 is 5.32 Å². The molecule has 5 nitrogen and oxygen atoms in total. The van der Waals surface area contributed by atoms with Gasteiger partial charge in [-0.3, -0.25) is 9.10 Å². The van der Waals surface area contributed by atoms with Crippen LogP contribution in [0.3, 0.4) is 0 Å². The van der Waals surface area contributed by atoms with E-state index >= 15 is 0 Å².